The largest absolute Gasteiger partial charge is 0.477 e. The Bertz CT molecular complexity index is 569. The molecule has 98 valence electrons. The van der Waals surface area contributed by atoms with Crippen molar-refractivity contribution in [2.45, 2.75) is 19.5 Å². The zero-order valence-electron chi connectivity index (χ0n) is 9.20. The first-order valence-electron chi connectivity index (χ1n) is 4.94. The molecule has 2 aromatic heterocycles. The third-order valence-electron chi connectivity index (χ3n) is 2.17. The van der Waals surface area contributed by atoms with E-state index in [4.69, 9.17) is 16.3 Å². The van der Waals surface area contributed by atoms with Gasteiger partial charge in [-0.15, -0.1) is 0 Å². The first kappa shape index (κ1) is 12.9. The summed E-state index contributed by atoms with van der Waals surface area (Å²) in [5.74, 6) is 0.291. The van der Waals surface area contributed by atoms with Crippen LogP contribution in [0.3, 0.4) is 0 Å². The SMILES string of the molecule is Cc1c(Cl)nc2ncnn2c1OCCC(F)(F)F. The molecule has 0 unspecified atom stereocenters. The Morgan fingerprint density at radius 3 is 2.83 bits per heavy atom. The maximum atomic E-state index is 12.0. The quantitative estimate of drug-likeness (QED) is 0.810. The standard InChI is InChI=1S/C9H8ClF3N4O/c1-5-6(10)16-8-14-4-15-17(8)7(5)18-3-2-9(11,12)13/h4H,2-3H2,1H3. The van der Waals surface area contributed by atoms with Crippen molar-refractivity contribution in [3.8, 4) is 5.88 Å². The van der Waals surface area contributed by atoms with E-state index in [-0.39, 0.29) is 16.8 Å². The molecule has 0 saturated heterocycles. The van der Waals surface area contributed by atoms with Crippen LogP contribution in [-0.4, -0.2) is 32.4 Å². The van der Waals surface area contributed by atoms with Gasteiger partial charge in [0, 0.05) is 5.56 Å². The highest BCUT2D eigenvalue weighted by Gasteiger charge is 2.27. The van der Waals surface area contributed by atoms with Gasteiger partial charge in [0.2, 0.25) is 5.88 Å². The summed E-state index contributed by atoms with van der Waals surface area (Å²) in [6, 6.07) is 0. The number of fused-ring (bicyclic) bond motifs is 1. The van der Waals surface area contributed by atoms with Crippen molar-refractivity contribution in [3.05, 3.63) is 17.0 Å². The fraction of sp³-hybridized carbons (Fsp3) is 0.444. The monoisotopic (exact) mass is 280 g/mol. The third-order valence-corrected chi connectivity index (χ3v) is 2.54. The zero-order valence-corrected chi connectivity index (χ0v) is 9.96. The second kappa shape index (κ2) is 4.60. The van der Waals surface area contributed by atoms with Gasteiger partial charge in [0.1, 0.15) is 11.5 Å². The molecule has 5 nitrogen and oxygen atoms in total. The normalized spacial score (nSPS) is 12.1. The summed E-state index contributed by atoms with van der Waals surface area (Å²) in [7, 11) is 0. The molecule has 2 aromatic rings. The number of rotatable bonds is 3. The van der Waals surface area contributed by atoms with Crippen LogP contribution >= 0.6 is 11.6 Å². The lowest BCUT2D eigenvalue weighted by Crippen LogP contribution is -2.15. The average molecular weight is 281 g/mol. The van der Waals surface area contributed by atoms with Crippen LogP contribution in [0.5, 0.6) is 5.88 Å². The van der Waals surface area contributed by atoms with Gasteiger partial charge in [0.05, 0.1) is 13.0 Å². The summed E-state index contributed by atoms with van der Waals surface area (Å²) in [5, 5.41) is 3.94. The van der Waals surface area contributed by atoms with E-state index < -0.39 is 19.2 Å². The second-order valence-electron chi connectivity index (χ2n) is 3.52. The third kappa shape index (κ3) is 2.63. The van der Waals surface area contributed by atoms with Gasteiger partial charge in [0.25, 0.3) is 5.78 Å². The Hall–Kier alpha value is -1.57. The predicted octanol–water partition coefficient (Wildman–Crippen LogP) is 2.42. The fourth-order valence-corrected chi connectivity index (χ4v) is 1.46. The Morgan fingerprint density at radius 2 is 2.17 bits per heavy atom. The lowest BCUT2D eigenvalue weighted by atomic mass is 10.3. The van der Waals surface area contributed by atoms with E-state index >= 15 is 0 Å². The van der Waals surface area contributed by atoms with Crippen LogP contribution in [0.25, 0.3) is 5.78 Å². The van der Waals surface area contributed by atoms with Crippen LogP contribution in [0.1, 0.15) is 12.0 Å². The molecular formula is C9H8ClF3N4O. The van der Waals surface area contributed by atoms with E-state index in [9.17, 15) is 13.2 Å². The molecule has 0 amide bonds. The number of hydrogen-bond donors (Lipinski definition) is 0. The summed E-state index contributed by atoms with van der Waals surface area (Å²) in [4.78, 5) is 7.70. The van der Waals surface area contributed by atoms with Crippen molar-refractivity contribution in [1.29, 1.82) is 0 Å². The molecule has 0 radical (unpaired) electrons. The van der Waals surface area contributed by atoms with Crippen molar-refractivity contribution < 1.29 is 17.9 Å². The number of nitrogens with zero attached hydrogens (tertiary/aromatic N) is 4. The Kier molecular flexibility index (Phi) is 3.29. The van der Waals surface area contributed by atoms with Crippen LogP contribution in [0.2, 0.25) is 5.15 Å². The molecule has 18 heavy (non-hydrogen) atoms. The smallest absolute Gasteiger partial charge is 0.392 e. The second-order valence-corrected chi connectivity index (χ2v) is 3.88. The highest BCUT2D eigenvalue weighted by atomic mass is 35.5. The van der Waals surface area contributed by atoms with Crippen LogP contribution in [-0.2, 0) is 0 Å². The molecule has 0 aliphatic heterocycles. The molecule has 0 atom stereocenters. The van der Waals surface area contributed by atoms with E-state index in [2.05, 4.69) is 15.1 Å². The minimum Gasteiger partial charge on any atom is -0.477 e. The highest BCUT2D eigenvalue weighted by Crippen LogP contribution is 2.25. The average Bonchev–Trinajstić information content (AvgIpc) is 2.69. The summed E-state index contributed by atoms with van der Waals surface area (Å²) in [6.07, 6.45) is -4.11. The number of hydrogen-bond acceptors (Lipinski definition) is 4. The fourth-order valence-electron chi connectivity index (χ4n) is 1.31. The van der Waals surface area contributed by atoms with Crippen molar-refractivity contribution in [2.75, 3.05) is 6.61 Å². The van der Waals surface area contributed by atoms with Crippen molar-refractivity contribution in [2.24, 2.45) is 0 Å². The van der Waals surface area contributed by atoms with E-state index in [0.29, 0.717) is 5.56 Å². The van der Waals surface area contributed by atoms with Gasteiger partial charge < -0.3 is 4.74 Å². The topological polar surface area (TPSA) is 52.3 Å². The summed E-state index contributed by atoms with van der Waals surface area (Å²) in [5.41, 5.74) is 0.414. The first-order chi connectivity index (χ1) is 8.38. The van der Waals surface area contributed by atoms with E-state index in [1.165, 1.54) is 10.8 Å². The summed E-state index contributed by atoms with van der Waals surface area (Å²) >= 11 is 5.82. The van der Waals surface area contributed by atoms with Gasteiger partial charge >= 0.3 is 6.18 Å². The van der Waals surface area contributed by atoms with E-state index in [1.54, 1.807) is 6.92 Å². The minimum atomic E-state index is -4.27. The van der Waals surface area contributed by atoms with Crippen molar-refractivity contribution in [3.63, 3.8) is 0 Å². The molecular weight excluding hydrogens is 273 g/mol. The number of ether oxygens (including phenoxy) is 1. The number of alkyl halides is 3. The Labute approximate surface area is 105 Å². The Balaban J connectivity index is 2.26. The zero-order chi connectivity index (χ0) is 13.3. The molecule has 0 spiro atoms. The van der Waals surface area contributed by atoms with Crippen molar-refractivity contribution in [1.82, 2.24) is 19.6 Å². The van der Waals surface area contributed by atoms with Crippen LogP contribution in [0.15, 0.2) is 6.33 Å². The Morgan fingerprint density at radius 1 is 1.44 bits per heavy atom. The molecule has 0 fully saturated rings. The van der Waals surface area contributed by atoms with Gasteiger partial charge in [-0.25, -0.2) is 0 Å². The minimum absolute atomic E-state index is 0.117. The molecule has 0 aliphatic rings. The van der Waals surface area contributed by atoms with Crippen molar-refractivity contribution >= 4 is 17.4 Å². The van der Waals surface area contributed by atoms with Crippen LogP contribution in [0, 0.1) is 6.92 Å². The van der Waals surface area contributed by atoms with Gasteiger partial charge in [0.15, 0.2) is 0 Å². The molecule has 0 saturated carbocycles. The maximum Gasteiger partial charge on any atom is 0.392 e. The molecule has 2 heterocycles. The van der Waals surface area contributed by atoms with E-state index in [1.807, 2.05) is 0 Å². The molecule has 0 N–H and O–H groups in total. The van der Waals surface area contributed by atoms with E-state index in [0.717, 1.165) is 0 Å². The molecule has 0 aliphatic carbocycles. The van der Waals surface area contributed by atoms with Crippen LogP contribution in [0.4, 0.5) is 13.2 Å². The molecule has 0 bridgehead atoms. The van der Waals surface area contributed by atoms with Gasteiger partial charge in [-0.2, -0.15) is 32.8 Å². The number of halogens is 4. The van der Waals surface area contributed by atoms with Gasteiger partial charge in [-0.05, 0) is 6.92 Å². The highest BCUT2D eigenvalue weighted by molar-refractivity contribution is 6.30. The summed E-state index contributed by atoms with van der Waals surface area (Å²) < 4.78 is 42.4. The molecule has 9 heteroatoms. The number of aromatic nitrogens is 4. The van der Waals surface area contributed by atoms with Gasteiger partial charge in [-0.1, -0.05) is 11.6 Å². The van der Waals surface area contributed by atoms with Crippen LogP contribution < -0.4 is 4.74 Å². The van der Waals surface area contributed by atoms with Gasteiger partial charge in [-0.3, -0.25) is 0 Å². The predicted molar refractivity (Wildman–Crippen MR) is 56.7 cm³/mol. The lowest BCUT2D eigenvalue weighted by molar-refractivity contribution is -0.139. The molecule has 2 rings (SSSR count). The first-order valence-corrected chi connectivity index (χ1v) is 5.31. The summed E-state index contributed by atoms with van der Waals surface area (Å²) in [6.45, 7) is 1.07. The maximum absolute atomic E-state index is 12.0. The lowest BCUT2D eigenvalue weighted by Gasteiger charge is -2.11. The molecule has 0 aromatic carbocycles.